The standard InChI is InChI=1S/C18H19N3O2S/c1-11-10-12(8-9-19-11)20-17(22)14-6-7-15(23-14)18-21-13-4-2-3-5-16(13)24-18/h2-7,11-12,19H,8-10H2,1H3,(H,20,22). The molecule has 1 aromatic carbocycles. The first-order valence-corrected chi connectivity index (χ1v) is 9.01. The van der Waals surface area contributed by atoms with Gasteiger partial charge in [-0.1, -0.05) is 12.1 Å². The molecule has 3 aromatic rings. The number of nitrogens with one attached hydrogen (secondary N) is 2. The van der Waals surface area contributed by atoms with Crippen molar-refractivity contribution in [1.29, 1.82) is 0 Å². The number of hydrogen-bond acceptors (Lipinski definition) is 5. The lowest BCUT2D eigenvalue weighted by atomic mass is 10.0. The molecule has 2 atom stereocenters. The van der Waals surface area contributed by atoms with E-state index in [0.717, 1.165) is 34.6 Å². The minimum atomic E-state index is -0.151. The first-order chi connectivity index (χ1) is 11.7. The number of piperidine rings is 1. The van der Waals surface area contributed by atoms with Gasteiger partial charge in [-0.2, -0.15) is 0 Å². The van der Waals surface area contributed by atoms with Gasteiger partial charge in [-0.15, -0.1) is 11.3 Å². The van der Waals surface area contributed by atoms with Gasteiger partial charge >= 0.3 is 0 Å². The summed E-state index contributed by atoms with van der Waals surface area (Å²) < 4.78 is 6.86. The number of hydrogen-bond donors (Lipinski definition) is 2. The van der Waals surface area contributed by atoms with Crippen molar-refractivity contribution in [1.82, 2.24) is 15.6 Å². The van der Waals surface area contributed by atoms with Gasteiger partial charge in [-0.3, -0.25) is 4.79 Å². The average Bonchev–Trinajstić information content (AvgIpc) is 3.21. The smallest absolute Gasteiger partial charge is 0.287 e. The van der Waals surface area contributed by atoms with E-state index in [0.29, 0.717) is 17.6 Å². The molecule has 1 aliphatic heterocycles. The molecule has 124 valence electrons. The molecule has 2 N–H and O–H groups in total. The number of thiazole rings is 1. The van der Waals surface area contributed by atoms with Gasteiger partial charge in [0.2, 0.25) is 0 Å². The highest BCUT2D eigenvalue weighted by Crippen LogP contribution is 2.31. The number of nitrogens with zero attached hydrogens (tertiary/aromatic N) is 1. The molecule has 0 spiro atoms. The Hall–Kier alpha value is -2.18. The number of furan rings is 1. The van der Waals surface area contributed by atoms with Crippen molar-refractivity contribution >= 4 is 27.5 Å². The monoisotopic (exact) mass is 341 g/mol. The van der Waals surface area contributed by atoms with Crippen molar-refractivity contribution < 1.29 is 9.21 Å². The summed E-state index contributed by atoms with van der Waals surface area (Å²) in [5.74, 6) is 0.830. The zero-order valence-corrected chi connectivity index (χ0v) is 14.2. The number of benzene rings is 1. The van der Waals surface area contributed by atoms with Crippen LogP contribution < -0.4 is 10.6 Å². The van der Waals surface area contributed by atoms with Crippen LogP contribution in [0.1, 0.15) is 30.3 Å². The maximum atomic E-state index is 12.4. The molecule has 1 saturated heterocycles. The Morgan fingerprint density at radius 2 is 2.21 bits per heavy atom. The van der Waals surface area contributed by atoms with E-state index in [1.54, 1.807) is 17.4 Å². The number of carbonyl (C=O) groups is 1. The normalized spacial score (nSPS) is 21.0. The summed E-state index contributed by atoms with van der Waals surface area (Å²) in [6.07, 6.45) is 1.89. The highest BCUT2D eigenvalue weighted by atomic mass is 32.1. The van der Waals surface area contributed by atoms with Crippen molar-refractivity contribution in [2.24, 2.45) is 0 Å². The number of para-hydroxylation sites is 1. The van der Waals surface area contributed by atoms with Crippen LogP contribution in [0.3, 0.4) is 0 Å². The second-order valence-electron chi connectivity index (χ2n) is 6.20. The summed E-state index contributed by atoms with van der Waals surface area (Å²) in [7, 11) is 0. The minimum Gasteiger partial charge on any atom is -0.448 e. The molecular weight excluding hydrogens is 322 g/mol. The number of aromatic nitrogens is 1. The van der Waals surface area contributed by atoms with Crippen LogP contribution in [-0.4, -0.2) is 29.5 Å². The van der Waals surface area contributed by atoms with Gasteiger partial charge in [0, 0.05) is 12.1 Å². The molecular formula is C18H19N3O2S. The van der Waals surface area contributed by atoms with E-state index < -0.39 is 0 Å². The van der Waals surface area contributed by atoms with Crippen LogP contribution >= 0.6 is 11.3 Å². The molecule has 0 radical (unpaired) electrons. The summed E-state index contributed by atoms with van der Waals surface area (Å²) in [6.45, 7) is 3.07. The second kappa shape index (κ2) is 6.37. The fourth-order valence-corrected chi connectivity index (χ4v) is 4.00. The van der Waals surface area contributed by atoms with Gasteiger partial charge in [0.05, 0.1) is 10.2 Å². The first kappa shape index (κ1) is 15.4. The van der Waals surface area contributed by atoms with Gasteiger partial charge in [0.15, 0.2) is 16.5 Å². The zero-order chi connectivity index (χ0) is 16.5. The Labute approximate surface area is 144 Å². The summed E-state index contributed by atoms with van der Waals surface area (Å²) in [4.78, 5) is 17.0. The summed E-state index contributed by atoms with van der Waals surface area (Å²) in [5.41, 5.74) is 0.948. The molecule has 0 bridgehead atoms. The Kier molecular flexibility index (Phi) is 4.08. The summed E-state index contributed by atoms with van der Waals surface area (Å²) >= 11 is 1.57. The molecule has 1 fully saturated rings. The van der Waals surface area contributed by atoms with Crippen molar-refractivity contribution in [3.8, 4) is 10.8 Å². The molecule has 3 heterocycles. The molecule has 6 heteroatoms. The molecule has 4 rings (SSSR count). The van der Waals surface area contributed by atoms with Crippen molar-refractivity contribution in [2.75, 3.05) is 6.54 Å². The third kappa shape index (κ3) is 3.07. The molecule has 5 nitrogen and oxygen atoms in total. The lowest BCUT2D eigenvalue weighted by Gasteiger charge is -2.28. The lowest BCUT2D eigenvalue weighted by molar-refractivity contribution is 0.0898. The molecule has 2 unspecified atom stereocenters. The molecule has 0 aliphatic carbocycles. The van der Waals surface area contributed by atoms with Crippen LogP contribution in [0, 0.1) is 0 Å². The molecule has 0 saturated carbocycles. The van der Waals surface area contributed by atoms with Crippen molar-refractivity contribution in [3.05, 3.63) is 42.2 Å². The Bertz CT molecular complexity index is 837. The fraction of sp³-hybridized carbons (Fsp3) is 0.333. The van der Waals surface area contributed by atoms with Gasteiger partial charge in [0.1, 0.15) is 0 Å². The predicted octanol–water partition coefficient (Wildman–Crippen LogP) is 3.43. The van der Waals surface area contributed by atoms with Crippen molar-refractivity contribution in [2.45, 2.75) is 31.8 Å². The van der Waals surface area contributed by atoms with E-state index in [4.69, 9.17) is 4.42 Å². The molecule has 1 aliphatic rings. The van der Waals surface area contributed by atoms with Gasteiger partial charge in [-0.05, 0) is 50.6 Å². The van der Waals surface area contributed by atoms with Crippen LogP contribution in [0.2, 0.25) is 0 Å². The van der Waals surface area contributed by atoms with E-state index in [9.17, 15) is 4.79 Å². The van der Waals surface area contributed by atoms with Crippen LogP contribution in [0.15, 0.2) is 40.8 Å². The van der Waals surface area contributed by atoms with Crippen molar-refractivity contribution in [3.63, 3.8) is 0 Å². The van der Waals surface area contributed by atoms with E-state index in [1.165, 1.54) is 0 Å². The second-order valence-corrected chi connectivity index (χ2v) is 7.23. The largest absolute Gasteiger partial charge is 0.448 e. The highest BCUT2D eigenvalue weighted by Gasteiger charge is 2.22. The molecule has 1 amide bonds. The Morgan fingerprint density at radius 1 is 1.33 bits per heavy atom. The Balaban J connectivity index is 1.50. The quantitative estimate of drug-likeness (QED) is 0.766. The zero-order valence-electron chi connectivity index (χ0n) is 13.4. The first-order valence-electron chi connectivity index (χ1n) is 8.19. The van der Waals surface area contributed by atoms with Crippen LogP contribution in [0.25, 0.3) is 21.0 Å². The van der Waals surface area contributed by atoms with E-state index in [-0.39, 0.29) is 11.9 Å². The maximum absolute atomic E-state index is 12.4. The number of amides is 1. The maximum Gasteiger partial charge on any atom is 0.287 e. The Morgan fingerprint density at radius 3 is 3.04 bits per heavy atom. The number of carbonyl (C=O) groups excluding carboxylic acids is 1. The minimum absolute atomic E-state index is 0.151. The third-order valence-corrected chi connectivity index (χ3v) is 5.34. The van der Waals surface area contributed by atoms with Crippen LogP contribution in [0.5, 0.6) is 0 Å². The molecule has 2 aromatic heterocycles. The topological polar surface area (TPSA) is 67.2 Å². The number of rotatable bonds is 3. The number of fused-ring (bicyclic) bond motifs is 1. The summed E-state index contributed by atoms with van der Waals surface area (Å²) in [5, 5.41) is 7.25. The van der Waals surface area contributed by atoms with E-state index >= 15 is 0 Å². The predicted molar refractivity (Wildman–Crippen MR) is 95.3 cm³/mol. The summed E-state index contributed by atoms with van der Waals surface area (Å²) in [6, 6.07) is 12.1. The fourth-order valence-electron chi connectivity index (χ4n) is 3.07. The van der Waals surface area contributed by atoms with Gasteiger partial charge in [-0.25, -0.2) is 4.98 Å². The average molecular weight is 341 g/mol. The van der Waals surface area contributed by atoms with E-state index in [1.807, 2.05) is 30.3 Å². The van der Waals surface area contributed by atoms with Gasteiger partial charge in [0.25, 0.3) is 5.91 Å². The third-order valence-electron chi connectivity index (χ3n) is 4.29. The van der Waals surface area contributed by atoms with E-state index in [2.05, 4.69) is 22.5 Å². The SMILES string of the molecule is CC1CC(NC(=O)c2ccc(-c3nc4ccccc4s3)o2)CCN1. The molecule has 24 heavy (non-hydrogen) atoms. The highest BCUT2D eigenvalue weighted by molar-refractivity contribution is 7.21. The van der Waals surface area contributed by atoms with Gasteiger partial charge < -0.3 is 15.1 Å². The lowest BCUT2D eigenvalue weighted by Crippen LogP contribution is -2.46. The van der Waals surface area contributed by atoms with Crippen LogP contribution in [-0.2, 0) is 0 Å². The van der Waals surface area contributed by atoms with Crippen LogP contribution in [0.4, 0.5) is 0 Å².